The van der Waals surface area contributed by atoms with Crippen molar-refractivity contribution in [2.75, 3.05) is 0 Å². The van der Waals surface area contributed by atoms with Crippen molar-refractivity contribution in [3.63, 3.8) is 0 Å². The highest BCUT2D eigenvalue weighted by Crippen LogP contribution is 2.43. The monoisotopic (exact) mass is 702 g/mol. The van der Waals surface area contributed by atoms with Gasteiger partial charge in [0.1, 0.15) is 0 Å². The van der Waals surface area contributed by atoms with Crippen molar-refractivity contribution in [2.45, 2.75) is 12.8 Å². The summed E-state index contributed by atoms with van der Waals surface area (Å²) in [6.45, 7) is 0. The predicted octanol–water partition coefficient (Wildman–Crippen LogP) is 12.4. The first-order valence-electron chi connectivity index (χ1n) is 18.7. The van der Waals surface area contributed by atoms with Gasteiger partial charge in [-0.15, -0.1) is 0 Å². The quantitative estimate of drug-likeness (QED) is 0.166. The number of para-hydroxylation sites is 1. The van der Waals surface area contributed by atoms with Crippen LogP contribution in [0.5, 0.6) is 0 Å². The third-order valence-corrected chi connectivity index (χ3v) is 10.4. The minimum atomic E-state index is 0.614. The van der Waals surface area contributed by atoms with Crippen LogP contribution in [0.3, 0.4) is 0 Å². The molecule has 0 fully saturated rings. The van der Waals surface area contributed by atoms with E-state index in [1.165, 1.54) is 22.2 Å². The minimum Gasteiger partial charge on any atom is -0.313 e. The van der Waals surface area contributed by atoms with Gasteiger partial charge >= 0.3 is 0 Å². The van der Waals surface area contributed by atoms with Crippen LogP contribution in [0.25, 0.3) is 90.2 Å². The standard InChI is InChI=1S/C51H34N4/c1-5-17-35(18-6-1)41-31-29-39(51-53-49(37-21-9-3-10-22-37)52-50(54-51)38-23-11-4-12-24-38)33-45(41)46-34-40(30-32-42(46)36-19-7-2-8-20-36)55-47-27-15-13-25-43(47)44-26-14-16-28-48(44)55/h2-5,7-15,17-27,29-34H,16,28H2. The van der Waals surface area contributed by atoms with Crippen molar-refractivity contribution in [3.8, 4) is 73.2 Å². The minimum absolute atomic E-state index is 0.614. The molecule has 0 unspecified atom stereocenters. The zero-order valence-corrected chi connectivity index (χ0v) is 30.0. The molecule has 0 saturated heterocycles. The van der Waals surface area contributed by atoms with Gasteiger partial charge in [-0.25, -0.2) is 15.0 Å². The molecule has 0 N–H and O–H groups in total. The van der Waals surface area contributed by atoms with Gasteiger partial charge in [0, 0.05) is 39.0 Å². The molecule has 4 heteroatoms. The lowest BCUT2D eigenvalue weighted by atomic mass is 9.88. The Balaban J connectivity index is 1.24. The zero-order valence-electron chi connectivity index (χ0n) is 30.0. The van der Waals surface area contributed by atoms with Crippen LogP contribution in [-0.2, 0) is 6.42 Å². The van der Waals surface area contributed by atoms with Gasteiger partial charge < -0.3 is 4.57 Å². The Morgan fingerprint density at radius 2 is 1.07 bits per heavy atom. The number of nitrogens with zero attached hydrogens (tertiary/aromatic N) is 4. The first-order chi connectivity index (χ1) is 27.3. The molecule has 9 aromatic rings. The predicted molar refractivity (Wildman–Crippen MR) is 224 cm³/mol. The lowest BCUT2D eigenvalue weighted by Gasteiger charge is -2.20. The Morgan fingerprint density at radius 1 is 0.473 bits per heavy atom. The molecule has 0 radical (unpaired) electrons. The number of hydrogen-bond acceptors (Lipinski definition) is 3. The average Bonchev–Trinajstić information content (AvgIpc) is 3.61. The van der Waals surface area contributed by atoms with Gasteiger partial charge in [0.2, 0.25) is 0 Å². The molecule has 0 bridgehead atoms. The Labute approximate surface area is 320 Å². The van der Waals surface area contributed by atoms with E-state index >= 15 is 0 Å². The molecule has 10 rings (SSSR count). The molecular weight excluding hydrogens is 669 g/mol. The third kappa shape index (κ3) is 5.99. The summed E-state index contributed by atoms with van der Waals surface area (Å²) in [5, 5.41) is 1.28. The summed E-state index contributed by atoms with van der Waals surface area (Å²) < 4.78 is 2.46. The van der Waals surface area contributed by atoms with Gasteiger partial charge in [-0.3, -0.25) is 0 Å². The maximum atomic E-state index is 5.11. The van der Waals surface area contributed by atoms with Gasteiger partial charge in [-0.05, 0) is 88.7 Å². The van der Waals surface area contributed by atoms with Crippen molar-refractivity contribution >= 4 is 17.0 Å². The van der Waals surface area contributed by atoms with Crippen LogP contribution in [0.4, 0.5) is 0 Å². The second kappa shape index (κ2) is 13.9. The van der Waals surface area contributed by atoms with E-state index in [1.54, 1.807) is 0 Å². The van der Waals surface area contributed by atoms with Gasteiger partial charge in [-0.2, -0.15) is 0 Å². The van der Waals surface area contributed by atoms with Crippen molar-refractivity contribution in [1.29, 1.82) is 0 Å². The van der Waals surface area contributed by atoms with Crippen molar-refractivity contribution in [3.05, 3.63) is 199 Å². The number of rotatable bonds is 7. The van der Waals surface area contributed by atoms with Crippen molar-refractivity contribution < 1.29 is 0 Å². The molecule has 0 aliphatic heterocycles. The third-order valence-electron chi connectivity index (χ3n) is 10.4. The molecule has 258 valence electrons. The van der Waals surface area contributed by atoms with Crippen LogP contribution in [0.15, 0.2) is 176 Å². The Hall–Kier alpha value is -7.35. The van der Waals surface area contributed by atoms with E-state index in [0.717, 1.165) is 68.6 Å². The summed E-state index contributed by atoms with van der Waals surface area (Å²) in [6, 6.07) is 65.5. The summed E-state index contributed by atoms with van der Waals surface area (Å²) in [5.41, 5.74) is 14.4. The van der Waals surface area contributed by atoms with E-state index in [4.69, 9.17) is 15.0 Å². The maximum absolute atomic E-state index is 5.11. The topological polar surface area (TPSA) is 43.6 Å². The second-order valence-corrected chi connectivity index (χ2v) is 13.8. The van der Waals surface area contributed by atoms with E-state index in [1.807, 2.05) is 72.8 Å². The number of hydrogen-bond donors (Lipinski definition) is 0. The molecule has 2 aromatic heterocycles. The highest BCUT2D eigenvalue weighted by molar-refractivity contribution is 5.96. The molecule has 0 amide bonds. The lowest BCUT2D eigenvalue weighted by Crippen LogP contribution is -2.04. The SMILES string of the molecule is c1ccc(-c2ccc(-c3nc(-c4ccccc4)nc(-c4ccccc4)n3)cc2-c2cc(-n3c4c(c5ccccc53)C=CCC4)ccc2-c2ccccc2)cc#1. The number of allylic oxidation sites excluding steroid dienone is 1. The molecule has 0 atom stereocenters. The molecule has 0 spiro atoms. The maximum Gasteiger partial charge on any atom is 0.164 e. The van der Waals surface area contributed by atoms with Crippen LogP contribution in [0.2, 0.25) is 0 Å². The number of fused-ring (bicyclic) bond motifs is 3. The van der Waals surface area contributed by atoms with Gasteiger partial charge in [-0.1, -0.05) is 152 Å². The van der Waals surface area contributed by atoms with Crippen LogP contribution in [-0.4, -0.2) is 19.5 Å². The molecule has 2 heterocycles. The largest absolute Gasteiger partial charge is 0.313 e. The normalized spacial score (nSPS) is 12.0. The van der Waals surface area contributed by atoms with Crippen molar-refractivity contribution in [1.82, 2.24) is 19.5 Å². The fourth-order valence-electron chi connectivity index (χ4n) is 7.84. The highest BCUT2D eigenvalue weighted by Gasteiger charge is 2.22. The van der Waals surface area contributed by atoms with Crippen LogP contribution >= 0.6 is 0 Å². The lowest BCUT2D eigenvalue weighted by molar-refractivity contribution is 0.889. The van der Waals surface area contributed by atoms with E-state index in [0.29, 0.717) is 17.5 Å². The van der Waals surface area contributed by atoms with Crippen LogP contribution in [0.1, 0.15) is 17.7 Å². The van der Waals surface area contributed by atoms with Crippen LogP contribution in [0, 0.1) is 12.1 Å². The molecule has 55 heavy (non-hydrogen) atoms. The molecular formula is C51H34N4. The number of benzene rings is 6. The molecule has 0 saturated carbocycles. The molecule has 4 nitrogen and oxygen atoms in total. The smallest absolute Gasteiger partial charge is 0.164 e. The number of aromatic nitrogens is 4. The highest BCUT2D eigenvalue weighted by atomic mass is 15.0. The second-order valence-electron chi connectivity index (χ2n) is 13.8. The van der Waals surface area contributed by atoms with Gasteiger partial charge in [0.15, 0.2) is 17.5 Å². The Bertz CT molecular complexity index is 2780. The van der Waals surface area contributed by atoms with Crippen LogP contribution < -0.4 is 0 Å². The Morgan fingerprint density at radius 3 is 1.76 bits per heavy atom. The summed E-state index contributed by atoms with van der Waals surface area (Å²) in [7, 11) is 0. The average molecular weight is 703 g/mol. The fourth-order valence-corrected chi connectivity index (χ4v) is 7.84. The van der Waals surface area contributed by atoms with Gasteiger partial charge in [0.05, 0.1) is 5.52 Å². The summed E-state index contributed by atoms with van der Waals surface area (Å²) >= 11 is 0. The first kappa shape index (κ1) is 32.3. The summed E-state index contributed by atoms with van der Waals surface area (Å²) in [6.07, 6.45) is 6.60. The van der Waals surface area contributed by atoms with Crippen molar-refractivity contribution in [2.24, 2.45) is 0 Å². The summed E-state index contributed by atoms with van der Waals surface area (Å²) in [4.78, 5) is 15.2. The van der Waals surface area contributed by atoms with E-state index < -0.39 is 0 Å². The zero-order chi connectivity index (χ0) is 36.6. The molecule has 1 aliphatic rings. The summed E-state index contributed by atoms with van der Waals surface area (Å²) in [5.74, 6) is 1.88. The molecule has 7 aromatic carbocycles. The first-order valence-corrected chi connectivity index (χ1v) is 18.7. The van der Waals surface area contributed by atoms with E-state index in [2.05, 4.69) is 126 Å². The molecule has 1 aliphatic carbocycles. The fraction of sp³-hybridized carbons (Fsp3) is 0.0392. The Kier molecular flexibility index (Phi) is 8.16. The van der Waals surface area contributed by atoms with E-state index in [9.17, 15) is 0 Å². The van der Waals surface area contributed by atoms with Gasteiger partial charge in [0.25, 0.3) is 0 Å². The van der Waals surface area contributed by atoms with E-state index in [-0.39, 0.29) is 0 Å².